The highest BCUT2D eigenvalue weighted by Gasteiger charge is 2.08. The molecular weight excluding hydrogens is 292 g/mol. The molecule has 0 amide bonds. The molecule has 3 aromatic rings. The van der Waals surface area contributed by atoms with Crippen molar-refractivity contribution in [3.63, 3.8) is 0 Å². The van der Waals surface area contributed by atoms with Crippen LogP contribution in [0.1, 0.15) is 5.56 Å². The third-order valence-electron chi connectivity index (χ3n) is 2.70. The van der Waals surface area contributed by atoms with Crippen LogP contribution in [0.2, 0.25) is 5.02 Å². The maximum absolute atomic E-state index is 5.98. The number of hydrogen-bond acceptors (Lipinski definition) is 4. The molecular formula is C14H11ClN4S. The number of benzene rings is 2. The van der Waals surface area contributed by atoms with Crippen molar-refractivity contribution in [2.75, 3.05) is 0 Å². The number of tetrazole rings is 1. The Labute approximate surface area is 125 Å². The van der Waals surface area contributed by atoms with Crippen molar-refractivity contribution in [3.8, 4) is 5.69 Å². The lowest BCUT2D eigenvalue weighted by Gasteiger charge is -2.04. The maximum atomic E-state index is 5.98. The number of thioether (sulfide) groups is 1. The third-order valence-corrected chi connectivity index (χ3v) is 3.92. The molecule has 20 heavy (non-hydrogen) atoms. The quantitative estimate of drug-likeness (QED) is 0.691. The van der Waals surface area contributed by atoms with Gasteiger partial charge in [-0.2, -0.15) is 4.68 Å². The largest absolute Gasteiger partial charge is 0.214 e. The van der Waals surface area contributed by atoms with E-state index in [1.54, 1.807) is 16.4 Å². The highest BCUT2D eigenvalue weighted by molar-refractivity contribution is 7.98. The second-order valence-electron chi connectivity index (χ2n) is 4.13. The van der Waals surface area contributed by atoms with E-state index < -0.39 is 0 Å². The summed E-state index contributed by atoms with van der Waals surface area (Å²) < 4.78 is 1.73. The zero-order valence-corrected chi connectivity index (χ0v) is 12.1. The number of aromatic nitrogens is 4. The molecule has 6 heteroatoms. The minimum absolute atomic E-state index is 0.741. The molecule has 0 spiro atoms. The summed E-state index contributed by atoms with van der Waals surface area (Å²) in [6.45, 7) is 0. The molecule has 0 unspecified atom stereocenters. The van der Waals surface area contributed by atoms with Crippen LogP contribution < -0.4 is 0 Å². The van der Waals surface area contributed by atoms with Gasteiger partial charge >= 0.3 is 0 Å². The number of para-hydroxylation sites is 1. The second kappa shape index (κ2) is 6.07. The van der Waals surface area contributed by atoms with E-state index in [9.17, 15) is 0 Å². The van der Waals surface area contributed by atoms with Crippen molar-refractivity contribution in [2.45, 2.75) is 10.9 Å². The van der Waals surface area contributed by atoms with Gasteiger partial charge in [0, 0.05) is 10.8 Å². The average molecular weight is 303 g/mol. The van der Waals surface area contributed by atoms with E-state index in [-0.39, 0.29) is 0 Å². The van der Waals surface area contributed by atoms with Gasteiger partial charge < -0.3 is 0 Å². The van der Waals surface area contributed by atoms with E-state index in [2.05, 4.69) is 15.5 Å². The molecule has 0 aliphatic heterocycles. The molecule has 0 radical (unpaired) electrons. The highest BCUT2D eigenvalue weighted by atomic mass is 35.5. The van der Waals surface area contributed by atoms with Crippen LogP contribution in [0.25, 0.3) is 5.69 Å². The average Bonchev–Trinajstić information content (AvgIpc) is 2.95. The monoisotopic (exact) mass is 302 g/mol. The lowest BCUT2D eigenvalue weighted by molar-refractivity contribution is 0.756. The summed E-state index contributed by atoms with van der Waals surface area (Å²) in [5, 5.41) is 13.3. The summed E-state index contributed by atoms with van der Waals surface area (Å²) in [6.07, 6.45) is 0. The molecule has 4 nitrogen and oxygen atoms in total. The first-order valence-electron chi connectivity index (χ1n) is 6.04. The van der Waals surface area contributed by atoms with Crippen molar-refractivity contribution in [3.05, 3.63) is 65.2 Å². The van der Waals surface area contributed by atoms with Gasteiger partial charge in [-0.15, -0.1) is 5.10 Å². The van der Waals surface area contributed by atoms with Crippen LogP contribution in [-0.2, 0) is 5.75 Å². The number of rotatable bonds is 4. The Balaban J connectivity index is 1.78. The summed E-state index contributed by atoms with van der Waals surface area (Å²) in [7, 11) is 0. The van der Waals surface area contributed by atoms with Crippen LogP contribution in [0.15, 0.2) is 59.8 Å². The fourth-order valence-corrected chi connectivity index (χ4v) is 2.82. The first-order chi connectivity index (χ1) is 9.83. The van der Waals surface area contributed by atoms with Gasteiger partial charge in [0.05, 0.1) is 5.69 Å². The van der Waals surface area contributed by atoms with Gasteiger partial charge in [0.25, 0.3) is 0 Å². The molecule has 1 heterocycles. The first kappa shape index (κ1) is 13.1. The van der Waals surface area contributed by atoms with E-state index in [4.69, 9.17) is 11.6 Å². The van der Waals surface area contributed by atoms with Gasteiger partial charge in [-0.25, -0.2) is 0 Å². The van der Waals surface area contributed by atoms with Gasteiger partial charge in [-0.3, -0.25) is 0 Å². The lowest BCUT2D eigenvalue weighted by atomic mass is 10.2. The van der Waals surface area contributed by atoms with Crippen LogP contribution in [0.3, 0.4) is 0 Å². The molecule has 2 aromatic carbocycles. The molecule has 0 saturated heterocycles. The molecule has 0 N–H and O–H groups in total. The summed E-state index contributed by atoms with van der Waals surface area (Å²) >= 11 is 7.56. The van der Waals surface area contributed by atoms with Gasteiger partial charge in [-0.1, -0.05) is 53.7 Å². The first-order valence-corrected chi connectivity index (χ1v) is 7.40. The van der Waals surface area contributed by atoms with Crippen molar-refractivity contribution >= 4 is 23.4 Å². The van der Waals surface area contributed by atoms with Gasteiger partial charge in [-0.05, 0) is 40.3 Å². The maximum Gasteiger partial charge on any atom is 0.214 e. The minimum atomic E-state index is 0.741. The fourth-order valence-electron chi connectivity index (χ4n) is 1.77. The van der Waals surface area contributed by atoms with Gasteiger partial charge in [0.2, 0.25) is 5.16 Å². The Kier molecular flexibility index (Phi) is 3.99. The molecule has 0 aliphatic rings. The Morgan fingerprint density at radius 3 is 2.70 bits per heavy atom. The van der Waals surface area contributed by atoms with Gasteiger partial charge in [0.15, 0.2) is 0 Å². The minimum Gasteiger partial charge on any atom is -0.188 e. The molecule has 0 saturated carbocycles. The highest BCUT2D eigenvalue weighted by Crippen LogP contribution is 2.23. The van der Waals surface area contributed by atoms with Crippen molar-refractivity contribution in [1.82, 2.24) is 20.2 Å². The van der Waals surface area contributed by atoms with Crippen LogP contribution >= 0.6 is 23.4 Å². The van der Waals surface area contributed by atoms with Crippen LogP contribution in [0, 0.1) is 0 Å². The zero-order valence-electron chi connectivity index (χ0n) is 10.5. The van der Waals surface area contributed by atoms with Crippen LogP contribution in [-0.4, -0.2) is 20.2 Å². The Bertz CT molecular complexity index is 699. The molecule has 100 valence electrons. The lowest BCUT2D eigenvalue weighted by Crippen LogP contribution is -1.98. The van der Waals surface area contributed by atoms with Crippen LogP contribution in [0.5, 0.6) is 0 Å². The van der Waals surface area contributed by atoms with Gasteiger partial charge in [0.1, 0.15) is 0 Å². The Morgan fingerprint density at radius 1 is 1.05 bits per heavy atom. The number of nitrogens with zero attached hydrogens (tertiary/aromatic N) is 4. The van der Waals surface area contributed by atoms with Crippen molar-refractivity contribution in [1.29, 1.82) is 0 Å². The summed E-state index contributed by atoms with van der Waals surface area (Å²) in [6, 6.07) is 17.6. The SMILES string of the molecule is Clc1cccc(CSc2nnnn2-c2ccccc2)c1. The summed E-state index contributed by atoms with van der Waals surface area (Å²) in [5.41, 5.74) is 2.09. The predicted octanol–water partition coefficient (Wildman–Crippen LogP) is 3.61. The molecule has 0 aliphatic carbocycles. The fraction of sp³-hybridized carbons (Fsp3) is 0.0714. The van der Waals surface area contributed by atoms with Crippen molar-refractivity contribution < 1.29 is 0 Å². The Morgan fingerprint density at radius 2 is 1.90 bits per heavy atom. The second-order valence-corrected chi connectivity index (χ2v) is 5.51. The summed E-state index contributed by atoms with van der Waals surface area (Å²) in [4.78, 5) is 0. The van der Waals surface area contributed by atoms with E-state index in [0.29, 0.717) is 0 Å². The standard InChI is InChI=1S/C14H11ClN4S/c15-12-6-4-5-11(9-12)10-20-14-16-17-18-19(14)13-7-2-1-3-8-13/h1-9H,10H2. The van der Waals surface area contributed by atoms with E-state index in [1.807, 2.05) is 54.6 Å². The normalized spacial score (nSPS) is 10.7. The van der Waals surface area contributed by atoms with Crippen LogP contribution in [0.4, 0.5) is 0 Å². The third kappa shape index (κ3) is 3.00. The topological polar surface area (TPSA) is 43.6 Å². The zero-order chi connectivity index (χ0) is 13.8. The van der Waals surface area contributed by atoms with E-state index in [1.165, 1.54) is 0 Å². The molecule has 1 aromatic heterocycles. The number of halogens is 1. The molecule has 0 fully saturated rings. The smallest absolute Gasteiger partial charge is 0.188 e. The molecule has 3 rings (SSSR count). The van der Waals surface area contributed by atoms with E-state index in [0.717, 1.165) is 27.2 Å². The molecule has 0 bridgehead atoms. The van der Waals surface area contributed by atoms with E-state index >= 15 is 0 Å². The van der Waals surface area contributed by atoms with Crippen molar-refractivity contribution in [2.24, 2.45) is 0 Å². The summed E-state index contributed by atoms with van der Waals surface area (Å²) in [5.74, 6) is 0.772. The predicted molar refractivity (Wildman–Crippen MR) is 80.2 cm³/mol. The molecule has 0 atom stereocenters. The number of hydrogen-bond donors (Lipinski definition) is 0. The Hall–Kier alpha value is -1.85.